The number of benzene rings is 1. The monoisotopic (exact) mass is 383 g/mol. The summed E-state index contributed by atoms with van der Waals surface area (Å²) >= 11 is 0. The van der Waals surface area contributed by atoms with Crippen LogP contribution in [0.3, 0.4) is 0 Å². The number of hydrogen-bond donors (Lipinski definition) is 1. The number of carbonyl (C=O) groups is 2. The van der Waals surface area contributed by atoms with Gasteiger partial charge in [-0.1, -0.05) is 12.1 Å². The second-order valence-corrected chi connectivity index (χ2v) is 7.50. The molecule has 0 spiro atoms. The van der Waals surface area contributed by atoms with Crippen LogP contribution < -0.4 is 10.1 Å². The summed E-state index contributed by atoms with van der Waals surface area (Å²) in [6, 6.07) is 9.71. The predicted octanol–water partition coefficient (Wildman–Crippen LogP) is 2.76. The number of ether oxygens (including phenoxy) is 1. The SMILES string of the molecule is COc1ccc(CNC(=O)C2CCN(Cc3cc(C(C)=O)cn3C)CC2)cc1. The van der Waals surface area contributed by atoms with Gasteiger partial charge in [-0.25, -0.2) is 0 Å². The Morgan fingerprint density at radius 3 is 2.43 bits per heavy atom. The zero-order valence-electron chi connectivity index (χ0n) is 16.9. The number of aromatic nitrogens is 1. The van der Waals surface area contributed by atoms with E-state index in [2.05, 4.69) is 10.2 Å². The van der Waals surface area contributed by atoms with Crippen LogP contribution in [0, 0.1) is 5.92 Å². The number of hydrogen-bond acceptors (Lipinski definition) is 4. The molecule has 1 aromatic heterocycles. The summed E-state index contributed by atoms with van der Waals surface area (Å²) in [5.41, 5.74) is 2.95. The highest BCUT2D eigenvalue weighted by molar-refractivity contribution is 5.94. The number of Topliss-reactive ketones (excluding diaryl/α,β-unsaturated/α-hetero) is 1. The summed E-state index contributed by atoms with van der Waals surface area (Å²) in [5, 5.41) is 3.06. The van der Waals surface area contributed by atoms with Gasteiger partial charge < -0.3 is 14.6 Å². The Hall–Kier alpha value is -2.60. The van der Waals surface area contributed by atoms with E-state index >= 15 is 0 Å². The van der Waals surface area contributed by atoms with Crippen LogP contribution in [-0.2, 0) is 24.9 Å². The van der Waals surface area contributed by atoms with Crippen molar-refractivity contribution >= 4 is 11.7 Å². The summed E-state index contributed by atoms with van der Waals surface area (Å²) in [6.45, 7) is 4.72. The van der Waals surface area contributed by atoms with Crippen molar-refractivity contribution in [2.75, 3.05) is 20.2 Å². The molecule has 0 saturated carbocycles. The molecule has 3 rings (SSSR count). The number of methoxy groups -OCH3 is 1. The van der Waals surface area contributed by atoms with Gasteiger partial charge in [0.25, 0.3) is 0 Å². The Kier molecular flexibility index (Phi) is 6.52. The maximum atomic E-state index is 12.5. The smallest absolute Gasteiger partial charge is 0.223 e. The lowest BCUT2D eigenvalue weighted by Gasteiger charge is -2.31. The first kappa shape index (κ1) is 20.1. The van der Waals surface area contributed by atoms with E-state index < -0.39 is 0 Å². The second kappa shape index (κ2) is 9.06. The number of aryl methyl sites for hydroxylation is 1. The molecule has 2 aromatic rings. The Bertz CT molecular complexity index is 818. The summed E-state index contributed by atoms with van der Waals surface area (Å²) in [5.74, 6) is 1.11. The number of nitrogens with one attached hydrogen (secondary N) is 1. The molecule has 1 fully saturated rings. The van der Waals surface area contributed by atoms with E-state index in [0.29, 0.717) is 6.54 Å². The minimum Gasteiger partial charge on any atom is -0.497 e. The number of piperidine rings is 1. The van der Waals surface area contributed by atoms with Gasteiger partial charge in [0.05, 0.1) is 7.11 Å². The number of carbonyl (C=O) groups excluding carboxylic acids is 2. The highest BCUT2D eigenvalue weighted by Gasteiger charge is 2.25. The average molecular weight is 383 g/mol. The van der Waals surface area contributed by atoms with Gasteiger partial charge in [0.1, 0.15) is 5.75 Å². The van der Waals surface area contributed by atoms with E-state index in [0.717, 1.165) is 55.0 Å². The number of rotatable bonds is 7. The fourth-order valence-electron chi connectivity index (χ4n) is 3.62. The third-order valence-corrected chi connectivity index (χ3v) is 5.48. The van der Waals surface area contributed by atoms with Crippen molar-refractivity contribution in [3.05, 3.63) is 53.3 Å². The van der Waals surface area contributed by atoms with Gasteiger partial charge in [0.2, 0.25) is 5.91 Å². The minimum absolute atomic E-state index is 0.0655. The minimum atomic E-state index is 0.0655. The lowest BCUT2D eigenvalue weighted by Crippen LogP contribution is -2.40. The fraction of sp³-hybridized carbons (Fsp3) is 0.455. The molecule has 6 nitrogen and oxygen atoms in total. The van der Waals surface area contributed by atoms with Crippen LogP contribution in [0.25, 0.3) is 0 Å². The molecule has 0 atom stereocenters. The molecule has 1 saturated heterocycles. The third-order valence-electron chi connectivity index (χ3n) is 5.48. The van der Waals surface area contributed by atoms with Gasteiger partial charge in [-0.05, 0) is 56.6 Å². The van der Waals surface area contributed by atoms with Crippen molar-refractivity contribution in [1.82, 2.24) is 14.8 Å². The quantitative estimate of drug-likeness (QED) is 0.747. The number of nitrogens with zero attached hydrogens (tertiary/aromatic N) is 2. The Balaban J connectivity index is 1.45. The number of likely N-dealkylation sites (tertiary alicyclic amines) is 1. The zero-order valence-corrected chi connectivity index (χ0v) is 16.9. The van der Waals surface area contributed by atoms with Crippen LogP contribution in [0.2, 0.25) is 0 Å². The fourth-order valence-corrected chi connectivity index (χ4v) is 3.62. The maximum Gasteiger partial charge on any atom is 0.223 e. The Morgan fingerprint density at radius 1 is 1.18 bits per heavy atom. The van der Waals surface area contributed by atoms with Crippen LogP contribution in [-0.4, -0.2) is 41.4 Å². The molecule has 0 radical (unpaired) electrons. The van der Waals surface area contributed by atoms with E-state index in [1.54, 1.807) is 14.0 Å². The van der Waals surface area contributed by atoms with E-state index in [1.165, 1.54) is 0 Å². The zero-order chi connectivity index (χ0) is 20.1. The Labute approximate surface area is 166 Å². The summed E-state index contributed by atoms with van der Waals surface area (Å²) in [6.07, 6.45) is 3.61. The van der Waals surface area contributed by atoms with Crippen LogP contribution in [0.1, 0.15) is 41.4 Å². The molecule has 2 heterocycles. The molecule has 28 heavy (non-hydrogen) atoms. The van der Waals surface area contributed by atoms with Crippen LogP contribution >= 0.6 is 0 Å². The molecule has 1 N–H and O–H groups in total. The molecule has 150 valence electrons. The topological polar surface area (TPSA) is 63.6 Å². The molecule has 0 aliphatic carbocycles. The van der Waals surface area contributed by atoms with Crippen molar-refractivity contribution in [3.63, 3.8) is 0 Å². The molecule has 1 aromatic carbocycles. The largest absolute Gasteiger partial charge is 0.497 e. The lowest BCUT2D eigenvalue weighted by molar-refractivity contribution is -0.126. The first-order chi connectivity index (χ1) is 13.5. The van der Waals surface area contributed by atoms with Gasteiger partial charge in [0.15, 0.2) is 5.78 Å². The van der Waals surface area contributed by atoms with Gasteiger partial charge in [-0.2, -0.15) is 0 Å². The molecule has 0 unspecified atom stereocenters. The molecular weight excluding hydrogens is 354 g/mol. The van der Waals surface area contributed by atoms with Gasteiger partial charge in [-0.15, -0.1) is 0 Å². The van der Waals surface area contributed by atoms with E-state index in [9.17, 15) is 9.59 Å². The normalized spacial score (nSPS) is 15.4. The second-order valence-electron chi connectivity index (χ2n) is 7.50. The molecule has 1 aliphatic heterocycles. The predicted molar refractivity (Wildman–Crippen MR) is 108 cm³/mol. The van der Waals surface area contributed by atoms with Gasteiger partial charge in [0, 0.05) is 43.5 Å². The molecule has 6 heteroatoms. The van der Waals surface area contributed by atoms with Gasteiger partial charge >= 0.3 is 0 Å². The molecular formula is C22H29N3O3. The van der Waals surface area contributed by atoms with Crippen LogP contribution in [0.5, 0.6) is 5.75 Å². The van der Waals surface area contributed by atoms with Crippen molar-refractivity contribution in [3.8, 4) is 5.75 Å². The third kappa shape index (κ3) is 5.01. The maximum absolute atomic E-state index is 12.5. The molecule has 1 aliphatic rings. The average Bonchev–Trinajstić information content (AvgIpc) is 3.08. The Morgan fingerprint density at radius 2 is 1.86 bits per heavy atom. The first-order valence-corrected chi connectivity index (χ1v) is 9.75. The van der Waals surface area contributed by atoms with Crippen molar-refractivity contribution < 1.29 is 14.3 Å². The highest BCUT2D eigenvalue weighted by Crippen LogP contribution is 2.20. The first-order valence-electron chi connectivity index (χ1n) is 9.75. The molecule has 0 bridgehead atoms. The lowest BCUT2D eigenvalue weighted by atomic mass is 9.95. The van der Waals surface area contributed by atoms with Crippen molar-refractivity contribution in [2.45, 2.75) is 32.9 Å². The van der Waals surface area contributed by atoms with E-state index in [1.807, 2.05) is 48.1 Å². The highest BCUT2D eigenvalue weighted by atomic mass is 16.5. The van der Waals surface area contributed by atoms with Crippen molar-refractivity contribution in [2.24, 2.45) is 13.0 Å². The van der Waals surface area contributed by atoms with Gasteiger partial charge in [-0.3, -0.25) is 14.5 Å². The summed E-state index contributed by atoms with van der Waals surface area (Å²) in [4.78, 5) is 26.4. The van der Waals surface area contributed by atoms with Crippen LogP contribution in [0.15, 0.2) is 36.5 Å². The van der Waals surface area contributed by atoms with Crippen LogP contribution in [0.4, 0.5) is 0 Å². The van der Waals surface area contributed by atoms with E-state index in [-0.39, 0.29) is 17.6 Å². The standard InChI is InChI=1S/C22H29N3O3/c1-16(26)19-12-20(24(2)14-19)15-25-10-8-18(9-11-25)22(27)23-13-17-4-6-21(28-3)7-5-17/h4-7,12,14,18H,8-11,13,15H2,1-3H3,(H,23,27). The van der Waals surface area contributed by atoms with Crippen molar-refractivity contribution in [1.29, 1.82) is 0 Å². The number of amides is 1. The van der Waals surface area contributed by atoms with E-state index in [4.69, 9.17) is 4.74 Å². The number of ketones is 1. The summed E-state index contributed by atoms with van der Waals surface area (Å²) in [7, 11) is 3.62. The summed E-state index contributed by atoms with van der Waals surface area (Å²) < 4.78 is 7.17. The molecule has 1 amide bonds.